The van der Waals surface area contributed by atoms with E-state index in [0.29, 0.717) is 16.9 Å². The number of hydrogen-bond donors (Lipinski definition) is 2. The minimum absolute atomic E-state index is 0.277. The first-order valence-corrected chi connectivity index (χ1v) is 5.86. The van der Waals surface area contributed by atoms with Gasteiger partial charge in [0.1, 0.15) is 11.7 Å². The lowest BCUT2D eigenvalue weighted by Crippen LogP contribution is -2.40. The molecule has 6 heteroatoms. The van der Waals surface area contributed by atoms with Crippen LogP contribution in [0.5, 0.6) is 0 Å². The molecular weight excluding hydrogens is 258 g/mol. The van der Waals surface area contributed by atoms with Gasteiger partial charge in [0, 0.05) is 6.20 Å². The van der Waals surface area contributed by atoms with Crippen LogP contribution < -0.4 is 5.84 Å². The smallest absolute Gasteiger partial charge is 0.422 e. The van der Waals surface area contributed by atoms with Crippen molar-refractivity contribution in [2.24, 2.45) is 5.84 Å². The number of amides is 1. The Labute approximate surface area is 115 Å². The van der Waals surface area contributed by atoms with Gasteiger partial charge < -0.3 is 5.11 Å². The van der Waals surface area contributed by atoms with Gasteiger partial charge in [0.15, 0.2) is 6.29 Å². The van der Waals surface area contributed by atoms with Crippen LogP contribution in [0.25, 0.3) is 0 Å². The SMILES string of the molecule is NN(C(=O)O)C(c1ccccc1)c1ccc(C=O)nc1. The second-order valence-corrected chi connectivity index (χ2v) is 4.14. The molecule has 0 aliphatic heterocycles. The number of nitrogens with two attached hydrogens (primary N) is 1. The lowest BCUT2D eigenvalue weighted by molar-refractivity contribution is 0.111. The molecule has 0 spiro atoms. The first-order valence-electron chi connectivity index (χ1n) is 5.86. The Morgan fingerprint density at radius 3 is 2.40 bits per heavy atom. The number of rotatable bonds is 4. The molecule has 3 N–H and O–H groups in total. The summed E-state index contributed by atoms with van der Waals surface area (Å²) in [4.78, 5) is 25.7. The molecule has 0 aliphatic rings. The minimum Gasteiger partial charge on any atom is -0.464 e. The topological polar surface area (TPSA) is 96.5 Å². The van der Waals surface area contributed by atoms with E-state index < -0.39 is 12.1 Å². The van der Waals surface area contributed by atoms with Gasteiger partial charge in [-0.05, 0) is 17.2 Å². The molecule has 0 aliphatic carbocycles. The molecule has 2 aromatic rings. The van der Waals surface area contributed by atoms with Gasteiger partial charge in [-0.1, -0.05) is 36.4 Å². The monoisotopic (exact) mass is 271 g/mol. The summed E-state index contributed by atoms with van der Waals surface area (Å²) in [5.41, 5.74) is 1.59. The molecule has 0 saturated heterocycles. The number of hydrazine groups is 1. The zero-order valence-electron chi connectivity index (χ0n) is 10.5. The molecule has 1 unspecified atom stereocenters. The maximum atomic E-state index is 11.1. The molecule has 6 nitrogen and oxygen atoms in total. The van der Waals surface area contributed by atoms with Gasteiger partial charge in [0.25, 0.3) is 0 Å². The van der Waals surface area contributed by atoms with Gasteiger partial charge in [0.2, 0.25) is 0 Å². The van der Waals surface area contributed by atoms with Crippen molar-refractivity contribution >= 4 is 12.4 Å². The van der Waals surface area contributed by atoms with Crippen LogP contribution in [0.4, 0.5) is 4.79 Å². The Kier molecular flexibility index (Phi) is 4.07. The summed E-state index contributed by atoms with van der Waals surface area (Å²) in [6.07, 6.45) is 0.821. The lowest BCUT2D eigenvalue weighted by atomic mass is 9.99. The van der Waals surface area contributed by atoms with Crippen LogP contribution >= 0.6 is 0 Å². The summed E-state index contributed by atoms with van der Waals surface area (Å²) >= 11 is 0. The standard InChI is InChI=1S/C14H13N3O3/c15-17(14(19)20)13(10-4-2-1-3-5-10)11-6-7-12(9-18)16-8-11/h1-9,13H,15H2,(H,19,20). The highest BCUT2D eigenvalue weighted by atomic mass is 16.4. The predicted octanol–water partition coefficient (Wildman–Crippen LogP) is 1.84. The fraction of sp³-hybridized carbons (Fsp3) is 0.0714. The Morgan fingerprint density at radius 1 is 1.20 bits per heavy atom. The van der Waals surface area contributed by atoms with E-state index in [-0.39, 0.29) is 5.69 Å². The molecule has 0 fully saturated rings. The van der Waals surface area contributed by atoms with Crippen molar-refractivity contribution in [1.82, 2.24) is 9.99 Å². The first-order chi connectivity index (χ1) is 9.63. The molecule has 1 aromatic heterocycles. The third-order valence-corrected chi connectivity index (χ3v) is 2.86. The fourth-order valence-electron chi connectivity index (χ4n) is 1.91. The van der Waals surface area contributed by atoms with Crippen LogP contribution in [-0.2, 0) is 0 Å². The van der Waals surface area contributed by atoms with Crippen LogP contribution in [0.3, 0.4) is 0 Å². The Bertz CT molecular complexity index is 599. The highest BCUT2D eigenvalue weighted by molar-refractivity contribution is 5.71. The van der Waals surface area contributed by atoms with Crippen molar-refractivity contribution in [2.45, 2.75) is 6.04 Å². The van der Waals surface area contributed by atoms with E-state index in [9.17, 15) is 9.59 Å². The summed E-state index contributed by atoms with van der Waals surface area (Å²) in [5, 5.41) is 9.82. The maximum absolute atomic E-state index is 11.1. The first kappa shape index (κ1) is 13.7. The van der Waals surface area contributed by atoms with Gasteiger partial charge >= 0.3 is 6.09 Å². The van der Waals surface area contributed by atoms with Gasteiger partial charge in [-0.3, -0.25) is 9.78 Å². The number of nitrogens with zero attached hydrogens (tertiary/aromatic N) is 2. The number of hydrogen-bond acceptors (Lipinski definition) is 4. The van der Waals surface area contributed by atoms with E-state index in [1.54, 1.807) is 30.3 Å². The number of carbonyl (C=O) groups excluding carboxylic acids is 1. The van der Waals surface area contributed by atoms with Crippen LogP contribution in [0, 0.1) is 0 Å². The average Bonchev–Trinajstić information content (AvgIpc) is 2.49. The van der Waals surface area contributed by atoms with E-state index in [1.165, 1.54) is 12.3 Å². The molecule has 20 heavy (non-hydrogen) atoms. The normalized spacial score (nSPS) is 11.7. The zero-order valence-corrected chi connectivity index (χ0v) is 10.5. The van der Waals surface area contributed by atoms with Crippen molar-refractivity contribution in [1.29, 1.82) is 0 Å². The lowest BCUT2D eigenvalue weighted by Gasteiger charge is -2.25. The molecule has 1 heterocycles. The fourth-order valence-corrected chi connectivity index (χ4v) is 1.91. The zero-order chi connectivity index (χ0) is 14.5. The number of carbonyl (C=O) groups is 2. The van der Waals surface area contributed by atoms with Crippen molar-refractivity contribution in [3.05, 3.63) is 65.5 Å². The van der Waals surface area contributed by atoms with Crippen molar-refractivity contribution in [3.8, 4) is 0 Å². The molecule has 0 radical (unpaired) electrons. The van der Waals surface area contributed by atoms with Crippen molar-refractivity contribution in [2.75, 3.05) is 0 Å². The number of pyridine rings is 1. The number of aromatic nitrogens is 1. The van der Waals surface area contributed by atoms with Gasteiger partial charge in [0.05, 0.1) is 0 Å². The van der Waals surface area contributed by atoms with E-state index in [1.807, 2.05) is 6.07 Å². The van der Waals surface area contributed by atoms with Crippen LogP contribution in [0.1, 0.15) is 27.7 Å². The summed E-state index contributed by atoms with van der Waals surface area (Å²) in [7, 11) is 0. The van der Waals surface area contributed by atoms with E-state index >= 15 is 0 Å². The highest BCUT2D eigenvalue weighted by Crippen LogP contribution is 2.26. The van der Waals surface area contributed by atoms with Crippen molar-refractivity contribution < 1.29 is 14.7 Å². The van der Waals surface area contributed by atoms with Crippen LogP contribution in [0.15, 0.2) is 48.7 Å². The molecule has 1 aromatic carbocycles. The Hall–Kier alpha value is -2.73. The minimum atomic E-state index is -1.25. The quantitative estimate of drug-likeness (QED) is 0.383. The van der Waals surface area contributed by atoms with Crippen molar-refractivity contribution in [3.63, 3.8) is 0 Å². The van der Waals surface area contributed by atoms with Crippen LogP contribution in [-0.4, -0.2) is 27.5 Å². The van der Waals surface area contributed by atoms with Gasteiger partial charge in [-0.25, -0.2) is 15.6 Å². The Balaban J connectivity index is 2.45. The van der Waals surface area contributed by atoms with E-state index in [4.69, 9.17) is 10.9 Å². The highest BCUT2D eigenvalue weighted by Gasteiger charge is 2.24. The second-order valence-electron chi connectivity index (χ2n) is 4.14. The van der Waals surface area contributed by atoms with Gasteiger partial charge in [-0.15, -0.1) is 0 Å². The summed E-state index contributed by atoms with van der Waals surface area (Å²) in [6.45, 7) is 0. The summed E-state index contributed by atoms with van der Waals surface area (Å²) in [5.74, 6) is 5.63. The Morgan fingerprint density at radius 2 is 1.90 bits per heavy atom. The molecule has 0 bridgehead atoms. The molecule has 2 rings (SSSR count). The average molecular weight is 271 g/mol. The predicted molar refractivity (Wildman–Crippen MR) is 72.0 cm³/mol. The molecule has 102 valence electrons. The summed E-state index contributed by atoms with van der Waals surface area (Å²) < 4.78 is 0. The second kappa shape index (κ2) is 5.94. The molecular formula is C14H13N3O3. The number of benzene rings is 1. The third-order valence-electron chi connectivity index (χ3n) is 2.86. The molecule has 1 atom stereocenters. The largest absolute Gasteiger partial charge is 0.464 e. The van der Waals surface area contributed by atoms with Crippen LogP contribution in [0.2, 0.25) is 0 Å². The number of aldehydes is 1. The summed E-state index contributed by atoms with van der Waals surface area (Å²) in [6, 6.07) is 11.5. The maximum Gasteiger partial charge on any atom is 0.422 e. The number of carboxylic acid groups (broad SMARTS) is 1. The molecule has 1 amide bonds. The van der Waals surface area contributed by atoms with Gasteiger partial charge in [-0.2, -0.15) is 0 Å². The molecule has 0 saturated carbocycles. The van der Waals surface area contributed by atoms with E-state index in [0.717, 1.165) is 5.56 Å². The van der Waals surface area contributed by atoms with E-state index in [2.05, 4.69) is 4.98 Å². The third kappa shape index (κ3) is 2.81.